The van der Waals surface area contributed by atoms with Gasteiger partial charge in [0.1, 0.15) is 6.61 Å². The molecular formula is C22H19BrClNO3. The zero-order chi connectivity index (χ0) is 20.1. The second-order valence-electron chi connectivity index (χ2n) is 6.18. The van der Waals surface area contributed by atoms with Crippen molar-refractivity contribution < 1.29 is 14.3 Å². The molecule has 0 saturated heterocycles. The lowest BCUT2D eigenvalue weighted by molar-refractivity contribution is 0.102. The smallest absolute Gasteiger partial charge is 0.255 e. The summed E-state index contributed by atoms with van der Waals surface area (Å²) in [6.07, 6.45) is 0. The van der Waals surface area contributed by atoms with Gasteiger partial charge in [-0.05, 0) is 48.4 Å². The third-order valence-electron chi connectivity index (χ3n) is 4.15. The lowest BCUT2D eigenvalue weighted by Gasteiger charge is -2.15. The van der Waals surface area contributed by atoms with Crippen LogP contribution in [-0.4, -0.2) is 13.0 Å². The van der Waals surface area contributed by atoms with Gasteiger partial charge in [-0.25, -0.2) is 0 Å². The molecule has 0 radical (unpaired) electrons. The largest absolute Gasteiger partial charge is 0.493 e. The molecule has 3 aromatic carbocycles. The first kappa shape index (κ1) is 20.2. The second kappa shape index (κ2) is 9.13. The summed E-state index contributed by atoms with van der Waals surface area (Å²) in [5.74, 6) is 0.533. The Morgan fingerprint density at radius 2 is 1.86 bits per heavy atom. The maximum Gasteiger partial charge on any atom is 0.255 e. The number of rotatable bonds is 6. The van der Waals surface area contributed by atoms with E-state index < -0.39 is 0 Å². The predicted molar refractivity (Wildman–Crippen MR) is 116 cm³/mol. The predicted octanol–water partition coefficient (Wildman–Crippen LogP) is 6.25. The Labute approximate surface area is 177 Å². The zero-order valence-electron chi connectivity index (χ0n) is 15.5. The molecule has 0 fully saturated rings. The summed E-state index contributed by atoms with van der Waals surface area (Å²) < 4.78 is 12.2. The highest BCUT2D eigenvalue weighted by Crippen LogP contribution is 2.37. The van der Waals surface area contributed by atoms with Crippen LogP contribution in [0.25, 0.3) is 0 Å². The Morgan fingerprint density at radius 1 is 1.11 bits per heavy atom. The van der Waals surface area contributed by atoms with E-state index in [1.165, 1.54) is 7.11 Å². The van der Waals surface area contributed by atoms with Gasteiger partial charge in [-0.15, -0.1) is 0 Å². The van der Waals surface area contributed by atoms with Gasteiger partial charge < -0.3 is 14.8 Å². The monoisotopic (exact) mass is 459 g/mol. The van der Waals surface area contributed by atoms with Crippen molar-refractivity contribution >= 4 is 39.1 Å². The average Bonchev–Trinajstić information content (AvgIpc) is 2.69. The summed E-state index contributed by atoms with van der Waals surface area (Å²) >= 11 is 9.80. The number of carbonyl (C=O) groups is 1. The van der Waals surface area contributed by atoms with Gasteiger partial charge in [-0.3, -0.25) is 4.79 Å². The van der Waals surface area contributed by atoms with E-state index in [-0.39, 0.29) is 5.91 Å². The van der Waals surface area contributed by atoms with Crippen molar-refractivity contribution in [2.24, 2.45) is 0 Å². The molecule has 0 heterocycles. The molecule has 1 N–H and O–H groups in total. The quantitative estimate of drug-likeness (QED) is 0.473. The van der Waals surface area contributed by atoms with E-state index >= 15 is 0 Å². The Hall–Kier alpha value is -2.50. The van der Waals surface area contributed by atoms with Crippen LogP contribution in [0.1, 0.15) is 21.5 Å². The number of nitrogens with one attached hydrogen (secondary N) is 1. The fourth-order valence-electron chi connectivity index (χ4n) is 2.68. The highest BCUT2D eigenvalue weighted by molar-refractivity contribution is 9.10. The number of methoxy groups -OCH3 is 1. The minimum Gasteiger partial charge on any atom is -0.493 e. The standard InChI is InChI=1S/C22H19BrClNO3/c1-14-10-17(23)8-9-19(14)25-22(26)16-11-18(24)21(20(12-16)27-2)28-13-15-6-4-3-5-7-15/h3-12H,13H2,1-2H3,(H,25,26). The van der Waals surface area contributed by atoms with Crippen molar-refractivity contribution in [2.75, 3.05) is 12.4 Å². The van der Waals surface area contributed by atoms with Crippen LogP contribution in [0.3, 0.4) is 0 Å². The third-order valence-corrected chi connectivity index (χ3v) is 4.93. The van der Waals surface area contributed by atoms with Gasteiger partial charge in [-0.1, -0.05) is 57.9 Å². The summed E-state index contributed by atoms with van der Waals surface area (Å²) in [6.45, 7) is 2.27. The summed E-state index contributed by atoms with van der Waals surface area (Å²) in [5, 5.41) is 3.21. The fraction of sp³-hybridized carbons (Fsp3) is 0.136. The van der Waals surface area contributed by atoms with Gasteiger partial charge in [-0.2, -0.15) is 0 Å². The van der Waals surface area contributed by atoms with Crippen LogP contribution in [0.2, 0.25) is 5.02 Å². The topological polar surface area (TPSA) is 47.6 Å². The van der Waals surface area contributed by atoms with Crippen LogP contribution in [0, 0.1) is 6.92 Å². The molecule has 0 bridgehead atoms. The molecule has 0 spiro atoms. The Balaban J connectivity index is 1.80. The number of ether oxygens (including phenoxy) is 2. The number of hydrogen-bond acceptors (Lipinski definition) is 3. The first-order chi connectivity index (χ1) is 13.5. The van der Waals surface area contributed by atoms with E-state index in [2.05, 4.69) is 21.2 Å². The molecule has 0 aromatic heterocycles. The molecule has 1 amide bonds. The second-order valence-corrected chi connectivity index (χ2v) is 7.50. The van der Waals surface area contributed by atoms with E-state index in [4.69, 9.17) is 21.1 Å². The first-order valence-corrected chi connectivity index (χ1v) is 9.77. The molecule has 3 rings (SSSR count). The third kappa shape index (κ3) is 4.86. The Kier molecular flexibility index (Phi) is 6.60. The fourth-order valence-corrected chi connectivity index (χ4v) is 3.42. The van der Waals surface area contributed by atoms with Gasteiger partial charge in [0.2, 0.25) is 0 Å². The van der Waals surface area contributed by atoms with Crippen LogP contribution in [-0.2, 0) is 6.61 Å². The number of hydrogen-bond donors (Lipinski definition) is 1. The molecule has 0 aliphatic rings. The number of carbonyl (C=O) groups excluding carboxylic acids is 1. The highest BCUT2D eigenvalue weighted by Gasteiger charge is 2.17. The summed E-state index contributed by atoms with van der Waals surface area (Å²) in [7, 11) is 1.52. The zero-order valence-corrected chi connectivity index (χ0v) is 17.8. The van der Waals surface area contributed by atoms with E-state index in [1.54, 1.807) is 12.1 Å². The lowest BCUT2D eigenvalue weighted by atomic mass is 10.1. The molecule has 6 heteroatoms. The molecule has 0 saturated carbocycles. The van der Waals surface area contributed by atoms with Crippen molar-refractivity contribution in [3.8, 4) is 11.5 Å². The van der Waals surface area contributed by atoms with Crippen molar-refractivity contribution in [2.45, 2.75) is 13.5 Å². The van der Waals surface area contributed by atoms with Crippen LogP contribution in [0.15, 0.2) is 65.1 Å². The Bertz CT molecular complexity index is 993. The minimum absolute atomic E-state index is 0.278. The van der Waals surface area contributed by atoms with E-state index in [0.29, 0.717) is 28.7 Å². The molecule has 0 unspecified atom stereocenters. The maximum atomic E-state index is 12.7. The molecule has 0 aliphatic carbocycles. The van der Waals surface area contributed by atoms with Crippen molar-refractivity contribution in [3.05, 3.63) is 86.8 Å². The van der Waals surface area contributed by atoms with Crippen molar-refractivity contribution in [1.82, 2.24) is 0 Å². The minimum atomic E-state index is -0.278. The van der Waals surface area contributed by atoms with Gasteiger partial charge >= 0.3 is 0 Å². The van der Waals surface area contributed by atoms with Gasteiger partial charge in [0.05, 0.1) is 12.1 Å². The van der Waals surface area contributed by atoms with Crippen LogP contribution in [0.5, 0.6) is 11.5 Å². The molecule has 3 aromatic rings. The summed E-state index contributed by atoms with van der Waals surface area (Å²) in [4.78, 5) is 12.7. The molecular weight excluding hydrogens is 442 g/mol. The number of amides is 1. The average molecular weight is 461 g/mol. The van der Waals surface area contributed by atoms with Gasteiger partial charge in [0, 0.05) is 15.7 Å². The summed E-state index contributed by atoms with van der Waals surface area (Å²) in [5.41, 5.74) is 3.07. The number of benzene rings is 3. The SMILES string of the molecule is COc1cc(C(=O)Nc2ccc(Br)cc2C)cc(Cl)c1OCc1ccccc1. The maximum absolute atomic E-state index is 12.7. The van der Waals surface area contributed by atoms with Crippen molar-refractivity contribution in [1.29, 1.82) is 0 Å². The molecule has 0 aliphatic heterocycles. The van der Waals surface area contributed by atoms with Crippen LogP contribution < -0.4 is 14.8 Å². The number of aryl methyl sites for hydroxylation is 1. The molecule has 144 valence electrons. The van der Waals surface area contributed by atoms with Gasteiger partial charge in [0.15, 0.2) is 11.5 Å². The lowest BCUT2D eigenvalue weighted by Crippen LogP contribution is -2.13. The van der Waals surface area contributed by atoms with E-state index in [1.807, 2.05) is 55.5 Å². The van der Waals surface area contributed by atoms with E-state index in [9.17, 15) is 4.79 Å². The van der Waals surface area contributed by atoms with Crippen molar-refractivity contribution in [3.63, 3.8) is 0 Å². The highest BCUT2D eigenvalue weighted by atomic mass is 79.9. The molecule has 28 heavy (non-hydrogen) atoms. The van der Waals surface area contributed by atoms with E-state index in [0.717, 1.165) is 21.3 Å². The first-order valence-electron chi connectivity index (χ1n) is 8.59. The molecule has 0 atom stereocenters. The van der Waals surface area contributed by atoms with Crippen LogP contribution >= 0.6 is 27.5 Å². The van der Waals surface area contributed by atoms with Crippen LogP contribution in [0.4, 0.5) is 5.69 Å². The van der Waals surface area contributed by atoms with Gasteiger partial charge in [0.25, 0.3) is 5.91 Å². The summed E-state index contributed by atoms with van der Waals surface area (Å²) in [6, 6.07) is 18.6. The normalized spacial score (nSPS) is 10.4. The Morgan fingerprint density at radius 3 is 2.54 bits per heavy atom. The molecule has 4 nitrogen and oxygen atoms in total. The number of anilines is 1. The number of halogens is 2.